The monoisotopic (exact) mass is 702 g/mol. The molecule has 1 aliphatic carbocycles. The summed E-state index contributed by atoms with van der Waals surface area (Å²) in [6.07, 6.45) is 11.0. The van der Waals surface area contributed by atoms with E-state index in [-0.39, 0.29) is 51.8 Å². The lowest BCUT2D eigenvalue weighted by molar-refractivity contribution is 0.0232. The van der Waals surface area contributed by atoms with Gasteiger partial charge in [0.25, 0.3) is 0 Å². The molecule has 13 heteroatoms. The Morgan fingerprint density at radius 3 is 2.53 bits per heavy atom. The van der Waals surface area contributed by atoms with Crippen molar-refractivity contribution < 1.29 is 32.5 Å². The number of hydrazine groups is 1. The molecule has 2 aromatic carbocycles. The third kappa shape index (κ3) is 7.77. The van der Waals surface area contributed by atoms with Gasteiger partial charge in [0, 0.05) is 49.3 Å². The number of halogens is 2. The maximum atomic E-state index is 17.2. The molecule has 2 fully saturated rings. The smallest absolute Gasteiger partial charge is 0.429 e. The van der Waals surface area contributed by atoms with E-state index in [0.717, 1.165) is 38.6 Å². The summed E-state index contributed by atoms with van der Waals surface area (Å²) in [5.74, 6) is 1.59. The van der Waals surface area contributed by atoms with E-state index in [4.69, 9.17) is 30.4 Å². The van der Waals surface area contributed by atoms with E-state index in [1.165, 1.54) is 24.4 Å². The van der Waals surface area contributed by atoms with Crippen LogP contribution in [0.15, 0.2) is 30.5 Å². The van der Waals surface area contributed by atoms with Gasteiger partial charge in [0.1, 0.15) is 28.4 Å². The van der Waals surface area contributed by atoms with Crippen LogP contribution < -0.4 is 14.5 Å². The van der Waals surface area contributed by atoms with Gasteiger partial charge in [-0.05, 0) is 90.6 Å². The van der Waals surface area contributed by atoms with Crippen LogP contribution in [-0.2, 0) is 9.47 Å². The molecule has 0 N–H and O–H groups in total. The lowest BCUT2D eigenvalue weighted by Crippen LogP contribution is -2.49. The largest absolute Gasteiger partial charge is 0.468 e. The van der Waals surface area contributed by atoms with Crippen molar-refractivity contribution in [1.29, 1.82) is 0 Å². The molecule has 0 bridgehead atoms. The lowest BCUT2D eigenvalue weighted by Gasteiger charge is -2.35. The Morgan fingerprint density at radius 2 is 1.84 bits per heavy atom. The molecule has 0 radical (unpaired) electrons. The number of fused-ring (bicyclic) bond motifs is 2. The van der Waals surface area contributed by atoms with Crippen molar-refractivity contribution in [3.05, 3.63) is 47.7 Å². The first-order valence-electron chi connectivity index (χ1n) is 17.1. The molecule has 1 saturated carbocycles. The average molecular weight is 703 g/mol. The lowest BCUT2D eigenvalue weighted by atomic mass is 9.95. The number of carbonyl (C=O) groups is 1. The van der Waals surface area contributed by atoms with Gasteiger partial charge in [-0.3, -0.25) is 9.99 Å². The van der Waals surface area contributed by atoms with Crippen molar-refractivity contribution >= 4 is 33.6 Å². The normalized spacial score (nSPS) is 15.9. The van der Waals surface area contributed by atoms with Gasteiger partial charge in [0.15, 0.2) is 18.4 Å². The molecule has 6 rings (SSSR count). The minimum absolute atomic E-state index is 0.0376. The maximum absolute atomic E-state index is 17.2. The molecule has 0 unspecified atom stereocenters. The molecule has 51 heavy (non-hydrogen) atoms. The van der Waals surface area contributed by atoms with Crippen molar-refractivity contribution in [2.75, 3.05) is 59.2 Å². The van der Waals surface area contributed by atoms with E-state index < -0.39 is 23.3 Å². The average Bonchev–Trinajstić information content (AvgIpc) is 3.88. The standard InChI is InChI=1S/C38H44F2N6O5/c1-8-26-29(39)13-12-24-18-25(50-23-48-7)19-27(30(24)26)32-31(40)33-28(20-41-32)34(43-35(42-33)49-22-38(14-15-38)21-44(5)6)45-16-10-9-11-17-46(45)36(47)51-37(2,3)4/h1,12-13,18-20H,9-11,14-17,21-23H2,2-7H3. The number of methoxy groups -OCH3 is 1. The van der Waals surface area contributed by atoms with Crippen LogP contribution in [0.25, 0.3) is 32.9 Å². The Kier molecular flexibility index (Phi) is 10.2. The Hall–Kier alpha value is -4.80. The number of ether oxygens (including phenoxy) is 4. The summed E-state index contributed by atoms with van der Waals surface area (Å²) < 4.78 is 55.1. The number of hydrogen-bond donors (Lipinski definition) is 0. The Morgan fingerprint density at radius 1 is 1.08 bits per heavy atom. The minimum atomic E-state index is -0.800. The van der Waals surface area contributed by atoms with E-state index in [0.29, 0.717) is 36.2 Å². The molecule has 1 saturated heterocycles. The minimum Gasteiger partial charge on any atom is -0.468 e. The highest BCUT2D eigenvalue weighted by Gasteiger charge is 2.44. The van der Waals surface area contributed by atoms with Gasteiger partial charge < -0.3 is 23.8 Å². The third-order valence-electron chi connectivity index (χ3n) is 8.92. The van der Waals surface area contributed by atoms with Crippen LogP contribution in [0.2, 0.25) is 0 Å². The van der Waals surface area contributed by atoms with Crippen LogP contribution in [0, 0.1) is 29.4 Å². The molecule has 2 aromatic heterocycles. The second-order valence-electron chi connectivity index (χ2n) is 14.5. The van der Waals surface area contributed by atoms with Crippen molar-refractivity contribution in [2.45, 2.75) is 58.5 Å². The third-order valence-corrected chi connectivity index (χ3v) is 8.92. The zero-order valence-corrected chi connectivity index (χ0v) is 30.0. The highest BCUT2D eigenvalue weighted by atomic mass is 19.1. The van der Waals surface area contributed by atoms with E-state index >= 15 is 8.78 Å². The SMILES string of the molecule is C#Cc1c(F)ccc2cc(OCOC)cc(-c3ncc4c(N5CCCCCN5C(=O)OC(C)(C)C)nc(OCC5(CN(C)C)CC5)nc4c3F)c12. The number of amides is 1. The van der Waals surface area contributed by atoms with Gasteiger partial charge in [0.2, 0.25) is 0 Å². The molecular weight excluding hydrogens is 658 g/mol. The van der Waals surface area contributed by atoms with E-state index in [1.807, 2.05) is 14.1 Å². The fourth-order valence-corrected chi connectivity index (χ4v) is 6.50. The van der Waals surface area contributed by atoms with Crippen molar-refractivity contribution in [3.8, 4) is 35.4 Å². The quantitative estimate of drug-likeness (QED) is 0.127. The number of terminal acetylenes is 1. The van der Waals surface area contributed by atoms with Crippen molar-refractivity contribution in [1.82, 2.24) is 24.9 Å². The summed E-state index contributed by atoms with van der Waals surface area (Å²) in [6.45, 7) is 7.27. The first-order valence-corrected chi connectivity index (χ1v) is 17.1. The van der Waals surface area contributed by atoms with Gasteiger partial charge in [-0.25, -0.2) is 18.6 Å². The molecule has 270 valence electrons. The van der Waals surface area contributed by atoms with Gasteiger partial charge in [-0.2, -0.15) is 9.97 Å². The molecule has 2 aliphatic rings. The van der Waals surface area contributed by atoms with Gasteiger partial charge in [-0.1, -0.05) is 12.0 Å². The molecular formula is C38H44F2N6O5. The van der Waals surface area contributed by atoms with Crippen LogP contribution >= 0.6 is 0 Å². The van der Waals surface area contributed by atoms with E-state index in [1.54, 1.807) is 44.0 Å². The number of benzene rings is 2. The zero-order valence-electron chi connectivity index (χ0n) is 30.0. The van der Waals surface area contributed by atoms with E-state index in [2.05, 4.69) is 20.8 Å². The summed E-state index contributed by atoms with van der Waals surface area (Å²) in [6, 6.07) is 6.00. The Bertz CT molecular complexity index is 1990. The molecule has 4 aromatic rings. The molecule has 11 nitrogen and oxygen atoms in total. The van der Waals surface area contributed by atoms with Crippen LogP contribution in [0.4, 0.5) is 19.4 Å². The highest BCUT2D eigenvalue weighted by Crippen LogP contribution is 2.46. The van der Waals surface area contributed by atoms with Crippen LogP contribution in [0.3, 0.4) is 0 Å². The Labute approximate surface area is 296 Å². The molecule has 1 amide bonds. The summed E-state index contributed by atoms with van der Waals surface area (Å²) in [5.41, 5.74) is -0.846. The van der Waals surface area contributed by atoms with Crippen LogP contribution in [-0.4, -0.2) is 90.8 Å². The number of anilines is 1. The Balaban J connectivity index is 1.55. The second-order valence-corrected chi connectivity index (χ2v) is 14.5. The number of aromatic nitrogens is 3. The van der Waals surface area contributed by atoms with Gasteiger partial charge in [0.05, 0.1) is 17.6 Å². The number of hydrogen-bond acceptors (Lipinski definition) is 10. The van der Waals surface area contributed by atoms with Crippen molar-refractivity contribution in [3.63, 3.8) is 0 Å². The predicted octanol–water partition coefficient (Wildman–Crippen LogP) is 6.95. The molecule has 0 spiro atoms. The van der Waals surface area contributed by atoms with Crippen LogP contribution in [0.1, 0.15) is 58.4 Å². The number of rotatable bonds is 10. The zero-order chi connectivity index (χ0) is 36.5. The number of carbonyl (C=O) groups excluding carboxylic acids is 1. The maximum Gasteiger partial charge on any atom is 0.429 e. The number of nitrogens with zero attached hydrogens (tertiary/aromatic N) is 6. The fourth-order valence-electron chi connectivity index (χ4n) is 6.50. The first-order chi connectivity index (χ1) is 24.3. The van der Waals surface area contributed by atoms with Crippen LogP contribution in [0.5, 0.6) is 11.8 Å². The predicted molar refractivity (Wildman–Crippen MR) is 190 cm³/mol. The summed E-state index contributed by atoms with van der Waals surface area (Å²) in [4.78, 5) is 29.7. The van der Waals surface area contributed by atoms with Gasteiger partial charge >= 0.3 is 12.1 Å². The highest BCUT2D eigenvalue weighted by molar-refractivity contribution is 6.03. The van der Waals surface area contributed by atoms with Gasteiger partial charge in [-0.15, -0.1) is 6.42 Å². The topological polar surface area (TPSA) is 102 Å². The second kappa shape index (κ2) is 14.4. The first kappa shape index (κ1) is 36.0. The molecule has 0 atom stereocenters. The van der Waals surface area contributed by atoms with Crippen molar-refractivity contribution in [2.24, 2.45) is 5.41 Å². The number of pyridine rings is 1. The van der Waals surface area contributed by atoms with E-state index in [9.17, 15) is 4.79 Å². The summed E-state index contributed by atoms with van der Waals surface area (Å²) in [5, 5.41) is 4.30. The molecule has 3 heterocycles. The summed E-state index contributed by atoms with van der Waals surface area (Å²) in [7, 11) is 5.50. The summed E-state index contributed by atoms with van der Waals surface area (Å²) >= 11 is 0. The molecule has 1 aliphatic heterocycles. The fraction of sp³-hybridized carbons (Fsp3) is 0.474.